The number of rotatable bonds is 4. The van der Waals surface area contributed by atoms with Crippen molar-refractivity contribution in [2.24, 2.45) is 0 Å². The lowest BCUT2D eigenvalue weighted by Crippen LogP contribution is -2.06. The average Bonchev–Trinajstić information content (AvgIpc) is 1.98. The minimum absolute atomic E-state index is 0.155. The van der Waals surface area contributed by atoms with E-state index in [1.807, 2.05) is 0 Å². The Morgan fingerprint density at radius 2 is 2.30 bits per heavy atom. The highest BCUT2D eigenvalue weighted by atomic mass is 16.5. The Bertz CT molecular complexity index is 121. The van der Waals surface area contributed by atoms with E-state index in [0.29, 0.717) is 0 Å². The standard InChI is InChI=1S/C8H13O2/c1-3-4-5-8(10-2)6-7-9/h8H,3-5H2,1-2H3. The summed E-state index contributed by atoms with van der Waals surface area (Å²) in [7, 11) is 1.57. The highest BCUT2D eigenvalue weighted by molar-refractivity contribution is 4.98. The van der Waals surface area contributed by atoms with Crippen LogP contribution >= 0.6 is 0 Å². The zero-order valence-corrected chi connectivity index (χ0v) is 6.52. The van der Waals surface area contributed by atoms with Gasteiger partial charge in [-0.3, -0.25) is 0 Å². The molecule has 10 heavy (non-hydrogen) atoms. The molecule has 0 aromatic rings. The van der Waals surface area contributed by atoms with Gasteiger partial charge >= 0.3 is 0 Å². The number of ether oxygens (including phenoxy) is 1. The third-order valence-electron chi connectivity index (χ3n) is 1.32. The van der Waals surface area contributed by atoms with Crippen molar-refractivity contribution in [2.75, 3.05) is 7.11 Å². The summed E-state index contributed by atoms with van der Waals surface area (Å²) >= 11 is 0. The molecule has 0 amide bonds. The predicted molar refractivity (Wildman–Crippen MR) is 38.8 cm³/mol. The van der Waals surface area contributed by atoms with E-state index in [4.69, 9.17) is 4.74 Å². The Balaban J connectivity index is 3.46. The minimum atomic E-state index is -0.155. The molecule has 1 atom stereocenters. The summed E-state index contributed by atoms with van der Waals surface area (Å²) in [5.74, 6) is 2.44. The van der Waals surface area contributed by atoms with Gasteiger partial charge in [0.05, 0.1) is 0 Å². The molecule has 0 N–H and O–H groups in total. The van der Waals surface area contributed by atoms with Gasteiger partial charge in [0.1, 0.15) is 6.10 Å². The lowest BCUT2D eigenvalue weighted by Gasteiger charge is -2.05. The van der Waals surface area contributed by atoms with Crippen molar-refractivity contribution in [3.8, 4) is 12.0 Å². The summed E-state index contributed by atoms with van der Waals surface area (Å²) in [6.45, 7) is 2.09. The molecule has 0 spiro atoms. The normalized spacial score (nSPS) is 11.8. The molecule has 0 saturated carbocycles. The highest BCUT2D eigenvalue weighted by Gasteiger charge is 2.00. The Morgan fingerprint density at radius 3 is 2.70 bits per heavy atom. The third kappa shape index (κ3) is 4.22. The van der Waals surface area contributed by atoms with Crippen LogP contribution in [-0.4, -0.2) is 13.2 Å². The second-order valence-electron chi connectivity index (χ2n) is 2.11. The Labute approximate surface area is 62.2 Å². The average molecular weight is 141 g/mol. The molecule has 1 radical (unpaired) electrons. The molecule has 0 heterocycles. The van der Waals surface area contributed by atoms with Crippen molar-refractivity contribution in [1.29, 1.82) is 0 Å². The van der Waals surface area contributed by atoms with Crippen LogP contribution in [0.3, 0.4) is 0 Å². The van der Waals surface area contributed by atoms with Crippen LogP contribution in [0.25, 0.3) is 0 Å². The topological polar surface area (TPSA) is 29.1 Å². The van der Waals surface area contributed by atoms with E-state index in [9.17, 15) is 5.11 Å². The van der Waals surface area contributed by atoms with Crippen LogP contribution < -0.4 is 0 Å². The summed E-state index contributed by atoms with van der Waals surface area (Å²) in [6, 6.07) is 0. The van der Waals surface area contributed by atoms with Gasteiger partial charge in [-0.1, -0.05) is 19.8 Å². The van der Waals surface area contributed by atoms with E-state index in [1.54, 1.807) is 13.2 Å². The number of hydrogen-bond acceptors (Lipinski definition) is 1. The van der Waals surface area contributed by atoms with Gasteiger partial charge in [0, 0.05) is 7.11 Å². The summed E-state index contributed by atoms with van der Waals surface area (Å²) in [6.07, 6.45) is 4.48. The molecule has 0 aliphatic carbocycles. The molecular weight excluding hydrogens is 128 g/mol. The SMILES string of the molecule is CCCCC(C#C[O])OC. The van der Waals surface area contributed by atoms with Gasteiger partial charge in [0.25, 0.3) is 0 Å². The van der Waals surface area contributed by atoms with Gasteiger partial charge in [-0.2, -0.15) is 0 Å². The summed E-state index contributed by atoms with van der Waals surface area (Å²) in [4.78, 5) is 0. The predicted octanol–water partition coefficient (Wildman–Crippen LogP) is 1.58. The van der Waals surface area contributed by atoms with Gasteiger partial charge in [-0.25, -0.2) is 5.11 Å². The van der Waals surface area contributed by atoms with Crippen LogP contribution in [0.15, 0.2) is 0 Å². The molecule has 0 bridgehead atoms. The maximum absolute atomic E-state index is 9.82. The lowest BCUT2D eigenvalue weighted by molar-refractivity contribution is 0.138. The molecule has 1 unspecified atom stereocenters. The molecule has 0 fully saturated rings. The fourth-order valence-electron chi connectivity index (χ4n) is 0.704. The van der Waals surface area contributed by atoms with E-state index in [0.717, 1.165) is 19.3 Å². The molecule has 0 saturated heterocycles. The highest BCUT2D eigenvalue weighted by Crippen LogP contribution is 2.01. The molecular formula is C8H13O2. The van der Waals surface area contributed by atoms with Crippen molar-refractivity contribution in [1.82, 2.24) is 0 Å². The maximum Gasteiger partial charge on any atom is 0.175 e. The van der Waals surface area contributed by atoms with E-state index in [1.165, 1.54) is 0 Å². The van der Waals surface area contributed by atoms with Gasteiger partial charge in [-0.15, -0.1) is 0 Å². The van der Waals surface area contributed by atoms with E-state index in [-0.39, 0.29) is 6.10 Å². The van der Waals surface area contributed by atoms with E-state index in [2.05, 4.69) is 12.8 Å². The van der Waals surface area contributed by atoms with Gasteiger partial charge in [0.15, 0.2) is 6.11 Å². The minimum Gasteiger partial charge on any atom is -0.369 e. The molecule has 2 nitrogen and oxygen atoms in total. The Morgan fingerprint density at radius 1 is 1.60 bits per heavy atom. The van der Waals surface area contributed by atoms with E-state index < -0.39 is 0 Å². The van der Waals surface area contributed by atoms with Gasteiger partial charge in [0.2, 0.25) is 0 Å². The van der Waals surface area contributed by atoms with Gasteiger partial charge in [-0.05, 0) is 12.3 Å². The first-order valence-electron chi connectivity index (χ1n) is 3.50. The van der Waals surface area contributed by atoms with Crippen LogP contribution in [0.1, 0.15) is 26.2 Å². The molecule has 0 aromatic heterocycles. The monoisotopic (exact) mass is 141 g/mol. The molecule has 0 aliphatic heterocycles. The van der Waals surface area contributed by atoms with Crippen LogP contribution in [0.5, 0.6) is 0 Å². The molecule has 0 aliphatic rings. The van der Waals surface area contributed by atoms with Gasteiger partial charge < -0.3 is 4.74 Å². The molecule has 0 aromatic carbocycles. The summed E-state index contributed by atoms with van der Waals surface area (Å²) < 4.78 is 4.92. The smallest absolute Gasteiger partial charge is 0.175 e. The molecule has 57 valence electrons. The van der Waals surface area contributed by atoms with Crippen LogP contribution in [-0.2, 0) is 9.84 Å². The van der Waals surface area contributed by atoms with E-state index >= 15 is 0 Å². The molecule has 2 heteroatoms. The van der Waals surface area contributed by atoms with Crippen LogP contribution in [0.4, 0.5) is 0 Å². The third-order valence-corrected chi connectivity index (χ3v) is 1.32. The summed E-state index contributed by atoms with van der Waals surface area (Å²) in [5, 5.41) is 9.82. The number of methoxy groups -OCH3 is 1. The zero-order valence-electron chi connectivity index (χ0n) is 6.52. The second-order valence-corrected chi connectivity index (χ2v) is 2.11. The maximum atomic E-state index is 9.82. The van der Waals surface area contributed by atoms with Crippen LogP contribution in [0, 0.1) is 12.0 Å². The fraction of sp³-hybridized carbons (Fsp3) is 0.750. The van der Waals surface area contributed by atoms with Crippen molar-refractivity contribution >= 4 is 0 Å². The van der Waals surface area contributed by atoms with Crippen molar-refractivity contribution in [2.45, 2.75) is 32.3 Å². The number of unbranched alkanes of at least 4 members (excludes halogenated alkanes) is 1. The second kappa shape index (κ2) is 6.44. The number of hydrogen-bond donors (Lipinski definition) is 0. The lowest BCUT2D eigenvalue weighted by atomic mass is 10.2. The van der Waals surface area contributed by atoms with Crippen molar-refractivity contribution in [3.05, 3.63) is 0 Å². The Kier molecular flexibility index (Phi) is 6.00. The summed E-state index contributed by atoms with van der Waals surface area (Å²) in [5.41, 5.74) is 0. The zero-order chi connectivity index (χ0) is 7.82. The first kappa shape index (κ1) is 9.32. The van der Waals surface area contributed by atoms with Crippen molar-refractivity contribution in [3.63, 3.8) is 0 Å². The quantitative estimate of drug-likeness (QED) is 0.546. The Hall–Kier alpha value is -0.680. The molecule has 0 rings (SSSR count). The first-order valence-corrected chi connectivity index (χ1v) is 3.50. The van der Waals surface area contributed by atoms with Crippen LogP contribution in [0.2, 0.25) is 0 Å². The largest absolute Gasteiger partial charge is 0.369 e. The van der Waals surface area contributed by atoms with Crippen molar-refractivity contribution < 1.29 is 9.84 Å². The first-order chi connectivity index (χ1) is 4.85. The fourth-order valence-corrected chi connectivity index (χ4v) is 0.704.